The molecule has 1 aliphatic rings. The zero-order valence-corrected chi connectivity index (χ0v) is 10.4. The van der Waals surface area contributed by atoms with Crippen molar-refractivity contribution in [2.24, 2.45) is 0 Å². The Kier molecular flexibility index (Phi) is 3.78. The summed E-state index contributed by atoms with van der Waals surface area (Å²) in [5, 5.41) is 2.72. The minimum Gasteiger partial charge on any atom is -0.444 e. The molecular formula is C11H20N2O3. The van der Waals surface area contributed by atoms with Crippen LogP contribution in [-0.2, 0) is 9.53 Å². The van der Waals surface area contributed by atoms with Gasteiger partial charge in [-0.3, -0.25) is 4.79 Å². The molecule has 1 atom stereocenters. The van der Waals surface area contributed by atoms with Gasteiger partial charge >= 0.3 is 6.09 Å². The quantitative estimate of drug-likeness (QED) is 0.732. The second-order valence-corrected chi connectivity index (χ2v) is 5.15. The van der Waals surface area contributed by atoms with Crippen molar-refractivity contribution in [3.63, 3.8) is 0 Å². The fraction of sp³-hybridized carbons (Fsp3) is 0.818. The molecule has 0 bridgehead atoms. The Bertz CT molecular complexity index is 283. The lowest BCUT2D eigenvalue weighted by molar-refractivity contribution is -0.132. The smallest absolute Gasteiger partial charge is 0.407 e. The molecule has 1 N–H and O–H groups in total. The number of amides is 2. The first-order valence-electron chi connectivity index (χ1n) is 5.51. The van der Waals surface area contributed by atoms with Gasteiger partial charge in [-0.1, -0.05) is 0 Å². The molecule has 2 amide bonds. The SMILES string of the molecule is CN1CC[C@H](NC(=O)OC(C)(C)C)CC1=O. The highest BCUT2D eigenvalue weighted by atomic mass is 16.6. The molecule has 0 aromatic carbocycles. The van der Waals surface area contributed by atoms with Crippen molar-refractivity contribution < 1.29 is 14.3 Å². The molecule has 5 heteroatoms. The Hall–Kier alpha value is -1.26. The lowest BCUT2D eigenvalue weighted by Gasteiger charge is -2.30. The third-order valence-corrected chi connectivity index (χ3v) is 2.38. The van der Waals surface area contributed by atoms with E-state index in [-0.39, 0.29) is 11.9 Å². The molecular weight excluding hydrogens is 208 g/mol. The highest BCUT2D eigenvalue weighted by Crippen LogP contribution is 2.12. The van der Waals surface area contributed by atoms with E-state index in [0.29, 0.717) is 13.0 Å². The summed E-state index contributed by atoms with van der Waals surface area (Å²) in [6.07, 6.45) is 0.687. The Morgan fingerprint density at radius 1 is 1.50 bits per heavy atom. The zero-order valence-electron chi connectivity index (χ0n) is 10.4. The Morgan fingerprint density at radius 2 is 2.12 bits per heavy atom. The topological polar surface area (TPSA) is 58.6 Å². The van der Waals surface area contributed by atoms with Gasteiger partial charge in [0, 0.05) is 26.1 Å². The summed E-state index contributed by atoms with van der Waals surface area (Å²) in [5.74, 6) is 0.0623. The molecule has 0 aromatic heterocycles. The van der Waals surface area contributed by atoms with E-state index in [1.54, 1.807) is 11.9 Å². The zero-order chi connectivity index (χ0) is 12.3. The van der Waals surface area contributed by atoms with Gasteiger partial charge in [-0.2, -0.15) is 0 Å². The number of nitrogens with one attached hydrogen (secondary N) is 1. The fourth-order valence-electron chi connectivity index (χ4n) is 1.54. The number of hydrogen-bond donors (Lipinski definition) is 1. The summed E-state index contributed by atoms with van der Waals surface area (Å²) in [5.41, 5.74) is -0.500. The van der Waals surface area contributed by atoms with Crippen LogP contribution in [0.15, 0.2) is 0 Å². The first kappa shape index (κ1) is 12.8. The molecule has 0 unspecified atom stereocenters. The first-order chi connectivity index (χ1) is 7.28. The lowest BCUT2D eigenvalue weighted by atomic mass is 10.1. The van der Waals surface area contributed by atoms with Crippen LogP contribution in [0.3, 0.4) is 0 Å². The van der Waals surface area contributed by atoms with Crippen molar-refractivity contribution in [2.45, 2.75) is 45.3 Å². The van der Waals surface area contributed by atoms with E-state index in [4.69, 9.17) is 4.74 Å². The number of ether oxygens (including phenoxy) is 1. The monoisotopic (exact) mass is 228 g/mol. The second-order valence-electron chi connectivity index (χ2n) is 5.15. The van der Waals surface area contributed by atoms with Crippen LogP contribution in [0.25, 0.3) is 0 Å². The maximum atomic E-state index is 11.5. The van der Waals surface area contributed by atoms with Gasteiger partial charge < -0.3 is 15.0 Å². The Morgan fingerprint density at radius 3 is 2.62 bits per heavy atom. The normalized spacial score (nSPS) is 21.9. The number of hydrogen-bond acceptors (Lipinski definition) is 3. The van der Waals surface area contributed by atoms with Crippen LogP contribution in [0.1, 0.15) is 33.6 Å². The van der Waals surface area contributed by atoms with E-state index in [0.717, 1.165) is 6.42 Å². The third kappa shape index (κ3) is 4.08. The van der Waals surface area contributed by atoms with Crippen LogP contribution in [-0.4, -0.2) is 42.1 Å². The van der Waals surface area contributed by atoms with Gasteiger partial charge in [0.1, 0.15) is 5.60 Å². The number of alkyl carbamates (subject to hydrolysis) is 1. The fourth-order valence-corrected chi connectivity index (χ4v) is 1.54. The number of carbonyl (C=O) groups is 2. The van der Waals surface area contributed by atoms with Crippen molar-refractivity contribution in [3.05, 3.63) is 0 Å². The molecule has 16 heavy (non-hydrogen) atoms. The number of carbonyl (C=O) groups excluding carboxylic acids is 2. The molecule has 1 rings (SSSR count). The molecule has 0 aliphatic carbocycles. The molecule has 0 radical (unpaired) electrons. The molecule has 1 fully saturated rings. The first-order valence-corrected chi connectivity index (χ1v) is 5.51. The second kappa shape index (κ2) is 4.72. The minimum atomic E-state index is -0.500. The van der Waals surface area contributed by atoms with Gasteiger partial charge in [0.15, 0.2) is 0 Å². The van der Waals surface area contributed by atoms with Crippen molar-refractivity contribution >= 4 is 12.0 Å². The molecule has 1 saturated heterocycles. The van der Waals surface area contributed by atoms with Crippen molar-refractivity contribution in [1.82, 2.24) is 10.2 Å². The highest BCUT2D eigenvalue weighted by molar-refractivity contribution is 5.78. The minimum absolute atomic E-state index is 0.0623. The number of nitrogens with zero attached hydrogens (tertiary/aromatic N) is 1. The summed E-state index contributed by atoms with van der Waals surface area (Å²) in [6, 6.07) is -0.0986. The maximum absolute atomic E-state index is 11.5. The lowest BCUT2D eigenvalue weighted by Crippen LogP contribution is -2.47. The van der Waals surface area contributed by atoms with Gasteiger partial charge in [0.05, 0.1) is 0 Å². The summed E-state index contributed by atoms with van der Waals surface area (Å²) in [7, 11) is 1.77. The van der Waals surface area contributed by atoms with Crippen LogP contribution in [0, 0.1) is 0 Å². The summed E-state index contributed by atoms with van der Waals surface area (Å²) >= 11 is 0. The third-order valence-electron chi connectivity index (χ3n) is 2.38. The predicted octanol–water partition coefficient (Wildman–Crippen LogP) is 1.13. The van der Waals surface area contributed by atoms with E-state index >= 15 is 0 Å². The van der Waals surface area contributed by atoms with E-state index < -0.39 is 11.7 Å². The molecule has 92 valence electrons. The standard InChI is InChI=1S/C11H20N2O3/c1-11(2,3)16-10(15)12-8-5-6-13(4)9(14)7-8/h8H,5-7H2,1-4H3,(H,12,15)/t8-/m0/s1. The largest absolute Gasteiger partial charge is 0.444 e. The van der Waals surface area contributed by atoms with Crippen LogP contribution >= 0.6 is 0 Å². The van der Waals surface area contributed by atoms with Gasteiger partial charge in [-0.25, -0.2) is 4.79 Å². The summed E-state index contributed by atoms with van der Waals surface area (Å²) < 4.78 is 5.13. The van der Waals surface area contributed by atoms with E-state index in [1.165, 1.54) is 0 Å². The van der Waals surface area contributed by atoms with Crippen LogP contribution in [0.5, 0.6) is 0 Å². The molecule has 0 spiro atoms. The Balaban J connectivity index is 2.38. The van der Waals surface area contributed by atoms with Crippen LogP contribution in [0.4, 0.5) is 4.79 Å². The van der Waals surface area contributed by atoms with Crippen LogP contribution in [0.2, 0.25) is 0 Å². The average molecular weight is 228 g/mol. The molecule has 0 aromatic rings. The molecule has 0 saturated carbocycles. The van der Waals surface area contributed by atoms with Crippen LogP contribution < -0.4 is 5.32 Å². The average Bonchev–Trinajstić information content (AvgIpc) is 2.08. The predicted molar refractivity (Wildman–Crippen MR) is 60.0 cm³/mol. The summed E-state index contributed by atoms with van der Waals surface area (Å²) in [4.78, 5) is 24.5. The van der Waals surface area contributed by atoms with Gasteiger partial charge in [-0.05, 0) is 27.2 Å². The molecule has 5 nitrogen and oxygen atoms in total. The van der Waals surface area contributed by atoms with Gasteiger partial charge in [0.2, 0.25) is 5.91 Å². The Labute approximate surface area is 96.1 Å². The van der Waals surface area contributed by atoms with Crippen molar-refractivity contribution in [3.8, 4) is 0 Å². The highest BCUT2D eigenvalue weighted by Gasteiger charge is 2.26. The van der Waals surface area contributed by atoms with E-state index in [9.17, 15) is 9.59 Å². The van der Waals surface area contributed by atoms with Gasteiger partial charge in [-0.15, -0.1) is 0 Å². The van der Waals surface area contributed by atoms with E-state index in [1.807, 2.05) is 20.8 Å². The van der Waals surface area contributed by atoms with Gasteiger partial charge in [0.25, 0.3) is 0 Å². The molecule has 1 aliphatic heterocycles. The maximum Gasteiger partial charge on any atom is 0.407 e. The number of likely N-dealkylation sites (tertiary alicyclic amines) is 1. The number of piperidine rings is 1. The van der Waals surface area contributed by atoms with Crippen molar-refractivity contribution in [2.75, 3.05) is 13.6 Å². The van der Waals surface area contributed by atoms with E-state index in [2.05, 4.69) is 5.32 Å². The number of rotatable bonds is 1. The molecule has 1 heterocycles. The van der Waals surface area contributed by atoms with Crippen molar-refractivity contribution in [1.29, 1.82) is 0 Å². The summed E-state index contributed by atoms with van der Waals surface area (Å²) in [6.45, 7) is 6.12.